The van der Waals surface area contributed by atoms with Crippen molar-refractivity contribution in [1.82, 2.24) is 0 Å². The fourth-order valence-electron chi connectivity index (χ4n) is 0.852. The molecule has 66 valence electrons. The Hall–Kier alpha value is -0.830. The number of benzene rings is 1. The van der Waals surface area contributed by atoms with Gasteiger partial charge in [-0.05, 0) is 42.3 Å². The largest absolute Gasteiger partial charge is 0.399 e. The van der Waals surface area contributed by atoms with Gasteiger partial charge in [0.15, 0.2) is 0 Å². The number of nitrogen functional groups attached to an aromatic ring is 1. The van der Waals surface area contributed by atoms with Gasteiger partial charge in [-0.2, -0.15) is 8.78 Å². The second kappa shape index (κ2) is 2.90. The summed E-state index contributed by atoms with van der Waals surface area (Å²) in [6, 6.07) is 3.92. The van der Waals surface area contributed by atoms with Gasteiger partial charge in [0, 0.05) is 11.3 Å². The van der Waals surface area contributed by atoms with Crippen LogP contribution in [-0.4, -0.2) is 0 Å². The molecule has 0 heterocycles. The number of halogens is 3. The minimum absolute atomic E-state index is 0.226. The molecule has 0 aliphatic heterocycles. The molecule has 0 amide bonds. The summed E-state index contributed by atoms with van der Waals surface area (Å²) < 4.78 is 25.0. The SMILES string of the molecule is Cc1cc(C(F)(F)Cl)ccc1N. The van der Waals surface area contributed by atoms with Crippen LogP contribution < -0.4 is 5.73 Å². The smallest absolute Gasteiger partial charge is 0.348 e. The van der Waals surface area contributed by atoms with E-state index in [1.54, 1.807) is 6.92 Å². The number of nitrogens with two attached hydrogens (primary N) is 1. The molecule has 0 aliphatic rings. The van der Waals surface area contributed by atoms with Gasteiger partial charge in [0.1, 0.15) is 0 Å². The molecule has 12 heavy (non-hydrogen) atoms. The summed E-state index contributed by atoms with van der Waals surface area (Å²) in [5.74, 6) is 0. The lowest BCUT2D eigenvalue weighted by Crippen LogP contribution is -2.04. The van der Waals surface area contributed by atoms with Crippen molar-refractivity contribution in [3.63, 3.8) is 0 Å². The summed E-state index contributed by atoms with van der Waals surface area (Å²) in [5, 5.41) is -3.31. The molecule has 1 nitrogen and oxygen atoms in total. The number of anilines is 1. The Kier molecular flexibility index (Phi) is 2.24. The molecule has 0 atom stereocenters. The molecule has 0 aliphatic carbocycles. The van der Waals surface area contributed by atoms with Crippen LogP contribution >= 0.6 is 11.6 Å². The van der Waals surface area contributed by atoms with Gasteiger partial charge in [0.2, 0.25) is 0 Å². The van der Waals surface area contributed by atoms with E-state index in [9.17, 15) is 8.78 Å². The lowest BCUT2D eigenvalue weighted by Gasteiger charge is -2.09. The number of rotatable bonds is 1. The zero-order valence-corrected chi connectivity index (χ0v) is 7.20. The molecular weight excluding hydrogens is 184 g/mol. The Morgan fingerprint density at radius 1 is 1.42 bits per heavy atom. The van der Waals surface area contributed by atoms with E-state index in [1.807, 2.05) is 0 Å². The number of alkyl halides is 3. The maximum atomic E-state index is 12.5. The Bertz CT molecular complexity index is 294. The third kappa shape index (κ3) is 1.85. The minimum Gasteiger partial charge on any atom is -0.399 e. The van der Waals surface area contributed by atoms with Crippen LogP contribution in [0.4, 0.5) is 14.5 Å². The Balaban J connectivity index is 3.14. The van der Waals surface area contributed by atoms with Crippen LogP contribution in [0.2, 0.25) is 0 Å². The van der Waals surface area contributed by atoms with E-state index in [1.165, 1.54) is 18.2 Å². The number of hydrogen-bond donors (Lipinski definition) is 1. The molecule has 0 fully saturated rings. The van der Waals surface area contributed by atoms with Gasteiger partial charge >= 0.3 is 5.38 Å². The number of hydrogen-bond acceptors (Lipinski definition) is 1. The average molecular weight is 192 g/mol. The first-order chi connectivity index (χ1) is 5.41. The predicted octanol–water partition coefficient (Wildman–Crippen LogP) is 2.87. The zero-order chi connectivity index (χ0) is 9.35. The van der Waals surface area contributed by atoms with Crippen molar-refractivity contribution in [2.24, 2.45) is 0 Å². The molecule has 1 aromatic rings. The van der Waals surface area contributed by atoms with Crippen LogP contribution in [0.3, 0.4) is 0 Å². The molecule has 0 bridgehead atoms. The Labute approximate surface area is 74.1 Å². The van der Waals surface area contributed by atoms with Crippen LogP contribution in [0.5, 0.6) is 0 Å². The summed E-state index contributed by atoms with van der Waals surface area (Å²) in [4.78, 5) is 0. The van der Waals surface area contributed by atoms with Gasteiger partial charge in [0.25, 0.3) is 0 Å². The van der Waals surface area contributed by atoms with E-state index in [2.05, 4.69) is 0 Å². The van der Waals surface area contributed by atoms with E-state index < -0.39 is 5.38 Å². The van der Waals surface area contributed by atoms with Crippen molar-refractivity contribution in [2.45, 2.75) is 12.3 Å². The molecule has 1 aromatic carbocycles. The van der Waals surface area contributed by atoms with Crippen molar-refractivity contribution in [1.29, 1.82) is 0 Å². The first kappa shape index (κ1) is 9.26. The number of aryl methyl sites for hydroxylation is 1. The molecule has 0 saturated heterocycles. The van der Waals surface area contributed by atoms with Crippen LogP contribution in [0.1, 0.15) is 11.1 Å². The Morgan fingerprint density at radius 3 is 2.42 bits per heavy atom. The molecule has 0 spiro atoms. The van der Waals surface area contributed by atoms with Crippen molar-refractivity contribution in [3.8, 4) is 0 Å². The molecule has 0 unspecified atom stereocenters. The van der Waals surface area contributed by atoms with Crippen LogP contribution in [0.15, 0.2) is 18.2 Å². The van der Waals surface area contributed by atoms with Gasteiger partial charge in [-0.3, -0.25) is 0 Å². The highest BCUT2D eigenvalue weighted by Gasteiger charge is 2.27. The third-order valence-corrected chi connectivity index (χ3v) is 1.82. The normalized spacial score (nSPS) is 11.7. The van der Waals surface area contributed by atoms with E-state index in [4.69, 9.17) is 17.3 Å². The second-order valence-corrected chi connectivity index (χ2v) is 3.04. The predicted molar refractivity (Wildman–Crippen MR) is 45.3 cm³/mol. The van der Waals surface area contributed by atoms with Crippen LogP contribution in [-0.2, 0) is 5.38 Å². The molecule has 0 aromatic heterocycles. The van der Waals surface area contributed by atoms with Crippen molar-refractivity contribution < 1.29 is 8.78 Å². The van der Waals surface area contributed by atoms with Crippen LogP contribution in [0, 0.1) is 6.92 Å². The zero-order valence-electron chi connectivity index (χ0n) is 6.44. The quantitative estimate of drug-likeness (QED) is 0.536. The highest BCUT2D eigenvalue weighted by atomic mass is 35.5. The molecule has 4 heteroatoms. The summed E-state index contributed by atoms with van der Waals surface area (Å²) in [6.45, 7) is 1.65. The maximum Gasteiger partial charge on any atom is 0.348 e. The van der Waals surface area contributed by atoms with Gasteiger partial charge < -0.3 is 5.73 Å². The van der Waals surface area contributed by atoms with Gasteiger partial charge in [-0.1, -0.05) is 0 Å². The maximum absolute atomic E-state index is 12.5. The lowest BCUT2D eigenvalue weighted by atomic mass is 10.1. The van der Waals surface area contributed by atoms with E-state index in [0.717, 1.165) is 0 Å². The van der Waals surface area contributed by atoms with E-state index in [0.29, 0.717) is 11.3 Å². The summed E-state index contributed by atoms with van der Waals surface area (Å²) >= 11 is 4.81. The van der Waals surface area contributed by atoms with Crippen molar-refractivity contribution >= 4 is 17.3 Å². The first-order valence-corrected chi connectivity index (χ1v) is 3.72. The Morgan fingerprint density at radius 2 is 2.00 bits per heavy atom. The fraction of sp³-hybridized carbons (Fsp3) is 0.250. The first-order valence-electron chi connectivity index (χ1n) is 3.34. The van der Waals surface area contributed by atoms with Crippen LogP contribution in [0.25, 0.3) is 0 Å². The topological polar surface area (TPSA) is 26.0 Å². The van der Waals surface area contributed by atoms with Gasteiger partial charge in [-0.15, -0.1) is 0 Å². The summed E-state index contributed by atoms with van der Waals surface area (Å²) in [6.07, 6.45) is 0. The molecule has 0 radical (unpaired) electrons. The molecular formula is C8H8ClF2N. The molecule has 0 saturated carbocycles. The van der Waals surface area contributed by atoms with Crippen molar-refractivity contribution in [2.75, 3.05) is 5.73 Å². The van der Waals surface area contributed by atoms with E-state index >= 15 is 0 Å². The summed E-state index contributed by atoms with van der Waals surface area (Å²) in [7, 11) is 0. The minimum atomic E-state index is -3.31. The average Bonchev–Trinajstić information content (AvgIpc) is 1.92. The standard InChI is InChI=1S/C8H8ClF2N/c1-5-4-6(8(9,10)11)2-3-7(5)12/h2-4H,12H2,1H3. The van der Waals surface area contributed by atoms with Crippen molar-refractivity contribution in [3.05, 3.63) is 29.3 Å². The second-order valence-electron chi connectivity index (χ2n) is 2.57. The highest BCUT2D eigenvalue weighted by Crippen LogP contribution is 2.33. The summed E-state index contributed by atoms with van der Waals surface area (Å²) in [5.41, 5.74) is 6.31. The molecule has 1 rings (SSSR count). The monoisotopic (exact) mass is 191 g/mol. The highest BCUT2D eigenvalue weighted by molar-refractivity contribution is 6.21. The van der Waals surface area contributed by atoms with E-state index in [-0.39, 0.29) is 5.56 Å². The third-order valence-electron chi connectivity index (χ3n) is 1.60. The lowest BCUT2D eigenvalue weighted by molar-refractivity contribution is 0.0951. The van der Waals surface area contributed by atoms with Gasteiger partial charge in [-0.25, -0.2) is 0 Å². The molecule has 2 N–H and O–H groups in total. The fourth-order valence-corrected chi connectivity index (χ4v) is 0.970. The van der Waals surface area contributed by atoms with Gasteiger partial charge in [0.05, 0.1) is 0 Å².